The molecule has 0 fully saturated rings. The van der Waals surface area contributed by atoms with E-state index < -0.39 is 28.0 Å². The molecule has 0 spiro atoms. The van der Waals surface area contributed by atoms with Crippen LogP contribution in [0.1, 0.15) is 29.1 Å². The summed E-state index contributed by atoms with van der Waals surface area (Å²) in [5.41, 5.74) is 6.16. The zero-order valence-electron chi connectivity index (χ0n) is 15.0. The van der Waals surface area contributed by atoms with Gasteiger partial charge in [0.15, 0.2) is 11.8 Å². The first kappa shape index (κ1) is 20.8. The van der Waals surface area contributed by atoms with Gasteiger partial charge in [-0.3, -0.25) is 9.78 Å². The zero-order valence-corrected chi connectivity index (χ0v) is 16.7. The summed E-state index contributed by atoms with van der Waals surface area (Å²) in [6.45, 7) is 1.47. The van der Waals surface area contributed by atoms with Gasteiger partial charge in [-0.25, -0.2) is 19.0 Å². The monoisotopic (exact) mass is 432 g/mol. The van der Waals surface area contributed by atoms with Gasteiger partial charge in [0.25, 0.3) is 0 Å². The fourth-order valence-electron chi connectivity index (χ4n) is 2.60. The zero-order chi connectivity index (χ0) is 21.2. The van der Waals surface area contributed by atoms with Gasteiger partial charge in [-0.15, -0.1) is 0 Å². The maximum Gasteiger partial charge on any atom is 0.238 e. The minimum absolute atomic E-state index is 0.0851. The van der Waals surface area contributed by atoms with E-state index in [2.05, 4.69) is 20.2 Å². The molecule has 10 nitrogen and oxygen atoms in total. The lowest BCUT2D eigenvalue weighted by molar-refractivity contribution is 0.0961. The summed E-state index contributed by atoms with van der Waals surface area (Å²) < 4.78 is 27.3. The summed E-state index contributed by atoms with van der Waals surface area (Å²) in [4.78, 5) is 16.6. The number of benzene rings is 1. The topological polar surface area (TPSA) is 171 Å². The molecule has 0 saturated heterocycles. The molecule has 2 atom stereocenters. The van der Waals surface area contributed by atoms with Gasteiger partial charge >= 0.3 is 0 Å². The molecule has 3 rings (SSSR count). The van der Waals surface area contributed by atoms with Gasteiger partial charge < -0.3 is 10.5 Å². The molecule has 2 heterocycles. The third kappa shape index (κ3) is 4.39. The normalized spacial score (nSPS) is 13.6. The summed E-state index contributed by atoms with van der Waals surface area (Å²) in [7, 11) is -3.90. The predicted molar refractivity (Wildman–Crippen MR) is 106 cm³/mol. The minimum atomic E-state index is -3.90. The molecule has 3 aromatic rings. The Kier molecular flexibility index (Phi) is 5.87. The number of hydrazine groups is 1. The number of carbonyl (C=O) groups excluding carboxylic acids is 1. The molecule has 0 aliphatic rings. The largest absolute Gasteiger partial charge is 0.387 e. The van der Waals surface area contributed by atoms with E-state index in [9.17, 15) is 23.6 Å². The van der Waals surface area contributed by atoms with Crippen LogP contribution in [-0.2, 0) is 10.0 Å². The van der Waals surface area contributed by atoms with E-state index >= 15 is 0 Å². The van der Waals surface area contributed by atoms with Crippen LogP contribution in [0, 0.1) is 11.3 Å². The smallest absolute Gasteiger partial charge is 0.238 e. The number of hydrogen-bond acceptors (Lipinski definition) is 10. The maximum absolute atomic E-state index is 12.7. The Labute approximate surface area is 170 Å². The first-order chi connectivity index (χ1) is 13.7. The van der Waals surface area contributed by atoms with Crippen LogP contribution in [0.15, 0.2) is 41.4 Å². The van der Waals surface area contributed by atoms with Crippen molar-refractivity contribution in [1.82, 2.24) is 14.8 Å². The number of nitrogens with zero attached hydrogens (tertiary/aromatic N) is 3. The fourth-order valence-corrected chi connectivity index (χ4v) is 3.85. The number of sulfonamides is 1. The fraction of sp³-hybridized carbons (Fsp3) is 0.176. The standard InChI is InChI=1S/C17H16N6O4S2/c1-9(24)15-11(3-2-6-20-15)16(25)14(8-18)21-22-17-12-7-10(29(19,26)27)4-5-13(12)23-28-17/h2-7,9,14,21-22,24H,1H3,(H2,19,26,27). The number of rotatable bonds is 7. The molecule has 2 unspecified atom stereocenters. The van der Waals surface area contributed by atoms with Crippen LogP contribution >= 0.6 is 11.5 Å². The number of nitriles is 1. The van der Waals surface area contributed by atoms with Gasteiger partial charge in [-0.05, 0) is 48.8 Å². The summed E-state index contributed by atoms with van der Waals surface area (Å²) >= 11 is 1.02. The van der Waals surface area contributed by atoms with Crippen molar-refractivity contribution in [2.45, 2.75) is 24.0 Å². The van der Waals surface area contributed by atoms with Crippen molar-refractivity contribution >= 4 is 43.2 Å². The van der Waals surface area contributed by atoms with Gasteiger partial charge in [0, 0.05) is 17.1 Å². The second kappa shape index (κ2) is 8.19. The van der Waals surface area contributed by atoms with Crippen molar-refractivity contribution in [2.24, 2.45) is 5.14 Å². The van der Waals surface area contributed by atoms with Gasteiger partial charge in [-0.1, -0.05) is 0 Å². The lowest BCUT2D eigenvalue weighted by Crippen LogP contribution is -2.39. The number of fused-ring (bicyclic) bond motifs is 1. The highest BCUT2D eigenvalue weighted by atomic mass is 32.2. The number of aliphatic hydroxyl groups excluding tert-OH is 1. The Balaban J connectivity index is 1.85. The van der Waals surface area contributed by atoms with Crippen LogP contribution in [0.2, 0.25) is 0 Å². The number of hydrogen-bond donors (Lipinski definition) is 4. The van der Waals surface area contributed by atoms with E-state index in [4.69, 9.17) is 5.14 Å². The number of carbonyl (C=O) groups is 1. The van der Waals surface area contributed by atoms with Gasteiger partial charge in [0.2, 0.25) is 10.0 Å². The summed E-state index contributed by atoms with van der Waals surface area (Å²) in [6.07, 6.45) is 0.461. The second-order valence-electron chi connectivity index (χ2n) is 6.04. The van der Waals surface area contributed by atoms with Crippen LogP contribution in [0.4, 0.5) is 5.00 Å². The first-order valence-corrected chi connectivity index (χ1v) is 10.5. The quantitative estimate of drug-likeness (QED) is 0.315. The van der Waals surface area contributed by atoms with Gasteiger partial charge in [-0.2, -0.15) is 9.64 Å². The third-order valence-corrected chi connectivity index (χ3v) is 5.70. The number of Topliss-reactive ketones (excluding diaryl/α,β-unsaturated/α-hetero) is 1. The average Bonchev–Trinajstić information content (AvgIpc) is 3.10. The molecule has 150 valence electrons. The van der Waals surface area contributed by atoms with E-state index in [1.165, 1.54) is 43.5 Å². The molecule has 0 saturated carbocycles. The number of aliphatic hydroxyl groups is 1. The maximum atomic E-state index is 12.7. The van der Waals surface area contributed by atoms with Crippen molar-refractivity contribution in [3.05, 3.63) is 47.8 Å². The highest BCUT2D eigenvalue weighted by Gasteiger charge is 2.24. The number of pyridine rings is 1. The molecule has 0 aliphatic carbocycles. The summed E-state index contributed by atoms with van der Waals surface area (Å²) in [5.74, 6) is -0.581. The van der Waals surface area contributed by atoms with E-state index in [0.29, 0.717) is 15.9 Å². The van der Waals surface area contributed by atoms with E-state index in [1.807, 2.05) is 6.07 Å². The third-order valence-electron chi connectivity index (χ3n) is 4.00. The number of anilines is 1. The van der Waals surface area contributed by atoms with E-state index in [0.717, 1.165) is 11.5 Å². The minimum Gasteiger partial charge on any atom is -0.387 e. The van der Waals surface area contributed by atoms with Crippen molar-refractivity contribution in [3.63, 3.8) is 0 Å². The number of aromatic nitrogens is 2. The molecule has 2 aromatic heterocycles. The molecule has 12 heteroatoms. The highest BCUT2D eigenvalue weighted by Crippen LogP contribution is 2.29. The Morgan fingerprint density at radius 1 is 1.38 bits per heavy atom. The summed E-state index contributed by atoms with van der Waals surface area (Å²) in [5, 5.41) is 25.2. The lowest BCUT2D eigenvalue weighted by Gasteiger charge is -2.14. The van der Waals surface area contributed by atoms with Crippen LogP contribution in [0.3, 0.4) is 0 Å². The second-order valence-corrected chi connectivity index (χ2v) is 8.38. The van der Waals surface area contributed by atoms with Crippen LogP contribution in [-0.4, -0.2) is 34.7 Å². The molecule has 0 radical (unpaired) electrons. The van der Waals surface area contributed by atoms with Crippen LogP contribution < -0.4 is 16.0 Å². The number of primary sulfonamides is 1. The van der Waals surface area contributed by atoms with Crippen molar-refractivity contribution in [1.29, 1.82) is 5.26 Å². The van der Waals surface area contributed by atoms with Crippen LogP contribution in [0.5, 0.6) is 0 Å². The molecule has 5 N–H and O–H groups in total. The Morgan fingerprint density at radius 2 is 2.14 bits per heavy atom. The first-order valence-electron chi connectivity index (χ1n) is 8.23. The average molecular weight is 432 g/mol. The Bertz CT molecular complexity index is 1220. The number of nitrogens with one attached hydrogen (secondary N) is 2. The van der Waals surface area contributed by atoms with E-state index in [1.54, 1.807) is 0 Å². The summed E-state index contributed by atoms with van der Waals surface area (Å²) in [6, 6.07) is 7.77. The molecule has 1 aromatic carbocycles. The lowest BCUT2D eigenvalue weighted by atomic mass is 10.0. The Hall–Kier alpha value is -2.95. The molecular weight excluding hydrogens is 416 g/mol. The molecule has 0 aliphatic heterocycles. The Morgan fingerprint density at radius 3 is 2.79 bits per heavy atom. The van der Waals surface area contributed by atoms with Gasteiger partial charge in [0.1, 0.15) is 5.00 Å². The van der Waals surface area contributed by atoms with Crippen molar-refractivity contribution in [2.75, 3.05) is 5.43 Å². The molecular formula is C17H16N6O4S2. The van der Waals surface area contributed by atoms with Crippen LogP contribution in [0.25, 0.3) is 10.9 Å². The van der Waals surface area contributed by atoms with E-state index in [-0.39, 0.29) is 16.2 Å². The predicted octanol–water partition coefficient (Wildman–Crippen LogP) is 1.08. The number of ketones is 1. The molecule has 29 heavy (non-hydrogen) atoms. The van der Waals surface area contributed by atoms with Crippen molar-refractivity contribution < 1.29 is 18.3 Å². The number of nitrogens with two attached hydrogens (primary N) is 1. The van der Waals surface area contributed by atoms with Crippen molar-refractivity contribution in [3.8, 4) is 6.07 Å². The molecule has 0 bridgehead atoms. The highest BCUT2D eigenvalue weighted by molar-refractivity contribution is 7.89. The molecule has 0 amide bonds. The van der Waals surface area contributed by atoms with Gasteiger partial charge in [0.05, 0.1) is 28.3 Å². The SMILES string of the molecule is CC(O)c1ncccc1C(=O)C(C#N)NNc1snc2ccc(S(N)(=O)=O)cc12.